The molecule has 0 radical (unpaired) electrons. The summed E-state index contributed by atoms with van der Waals surface area (Å²) in [6.07, 6.45) is 12.5. The molecule has 1 aromatic heterocycles. The summed E-state index contributed by atoms with van der Waals surface area (Å²) in [4.78, 5) is 2.47. The average molecular weight is 463 g/mol. The molecule has 0 N–H and O–H groups in total. The fraction of sp³-hybridized carbons (Fsp3) is 0.125. The first-order chi connectivity index (χ1) is 17.8. The van der Waals surface area contributed by atoms with E-state index in [0.717, 1.165) is 40.2 Å². The van der Waals surface area contributed by atoms with Gasteiger partial charge >= 0.3 is 0 Å². The summed E-state index contributed by atoms with van der Waals surface area (Å²) in [5.41, 5.74) is 8.81. The van der Waals surface area contributed by atoms with Gasteiger partial charge in [0, 0.05) is 33.4 Å². The number of allylic oxidation sites excluding steroid dienone is 6. The molecular formula is C32H22N4. The minimum atomic E-state index is 0.153. The third-order valence-corrected chi connectivity index (χ3v) is 7.71. The Hall–Kier alpha value is -4.80. The summed E-state index contributed by atoms with van der Waals surface area (Å²) in [7, 11) is 0. The van der Waals surface area contributed by atoms with Crippen LogP contribution in [0.4, 0.5) is 5.69 Å². The highest BCUT2D eigenvalue weighted by Crippen LogP contribution is 2.52. The van der Waals surface area contributed by atoms with Crippen LogP contribution in [0.3, 0.4) is 0 Å². The van der Waals surface area contributed by atoms with Crippen molar-refractivity contribution in [3.63, 3.8) is 0 Å². The van der Waals surface area contributed by atoms with Crippen molar-refractivity contribution in [2.45, 2.75) is 24.8 Å². The molecule has 0 bridgehead atoms. The first-order valence-corrected chi connectivity index (χ1v) is 12.3. The number of nitriles is 2. The first kappa shape index (κ1) is 20.6. The molecule has 2 atom stereocenters. The van der Waals surface area contributed by atoms with E-state index < -0.39 is 0 Å². The van der Waals surface area contributed by atoms with E-state index in [1.165, 1.54) is 22.6 Å². The molecule has 2 aliphatic carbocycles. The van der Waals surface area contributed by atoms with Crippen molar-refractivity contribution in [1.29, 1.82) is 10.5 Å². The maximum absolute atomic E-state index is 9.53. The van der Waals surface area contributed by atoms with Gasteiger partial charge in [-0.1, -0.05) is 48.6 Å². The molecule has 3 aromatic carbocycles. The number of hydrogen-bond acceptors (Lipinski definition) is 3. The number of benzene rings is 3. The van der Waals surface area contributed by atoms with Crippen LogP contribution in [-0.2, 0) is 0 Å². The molecule has 0 saturated heterocycles. The van der Waals surface area contributed by atoms with Crippen molar-refractivity contribution in [3.8, 4) is 12.1 Å². The summed E-state index contributed by atoms with van der Waals surface area (Å²) >= 11 is 0. The Morgan fingerprint density at radius 1 is 0.778 bits per heavy atom. The number of para-hydroxylation sites is 2. The molecule has 4 heteroatoms. The predicted molar refractivity (Wildman–Crippen MR) is 144 cm³/mol. The first-order valence-electron chi connectivity index (χ1n) is 12.3. The van der Waals surface area contributed by atoms with E-state index in [2.05, 4.69) is 101 Å². The molecular weight excluding hydrogens is 440 g/mol. The van der Waals surface area contributed by atoms with Crippen molar-refractivity contribution in [1.82, 2.24) is 4.57 Å². The van der Waals surface area contributed by atoms with Gasteiger partial charge in [-0.15, -0.1) is 0 Å². The van der Waals surface area contributed by atoms with Gasteiger partial charge in [0.05, 0.1) is 40.7 Å². The molecule has 7 rings (SSSR count). The van der Waals surface area contributed by atoms with E-state index in [0.29, 0.717) is 5.56 Å². The van der Waals surface area contributed by atoms with Gasteiger partial charge in [0.1, 0.15) is 0 Å². The van der Waals surface area contributed by atoms with E-state index in [4.69, 9.17) is 0 Å². The third kappa shape index (κ3) is 2.85. The second kappa shape index (κ2) is 7.87. The molecule has 4 nitrogen and oxygen atoms in total. The van der Waals surface area contributed by atoms with Crippen LogP contribution in [0.15, 0.2) is 108 Å². The van der Waals surface area contributed by atoms with Crippen LogP contribution in [0.2, 0.25) is 0 Å². The van der Waals surface area contributed by atoms with Crippen LogP contribution in [-0.4, -0.2) is 10.6 Å². The van der Waals surface area contributed by atoms with Gasteiger partial charge in [0.25, 0.3) is 0 Å². The minimum Gasteiger partial charge on any atom is -0.337 e. The van der Waals surface area contributed by atoms with E-state index in [-0.39, 0.29) is 12.0 Å². The lowest BCUT2D eigenvalue weighted by atomic mass is 9.87. The van der Waals surface area contributed by atoms with Crippen LogP contribution in [0.25, 0.3) is 27.5 Å². The van der Waals surface area contributed by atoms with E-state index in [9.17, 15) is 10.5 Å². The summed E-state index contributed by atoms with van der Waals surface area (Å²) < 4.78 is 2.39. The summed E-state index contributed by atoms with van der Waals surface area (Å²) in [6, 6.07) is 27.9. The van der Waals surface area contributed by atoms with Crippen molar-refractivity contribution in [2.75, 3.05) is 4.90 Å². The highest BCUT2D eigenvalue weighted by Gasteiger charge is 2.42. The summed E-state index contributed by atoms with van der Waals surface area (Å²) in [6.45, 7) is 0. The monoisotopic (exact) mass is 462 g/mol. The fourth-order valence-corrected chi connectivity index (χ4v) is 6.17. The van der Waals surface area contributed by atoms with Gasteiger partial charge in [-0.2, -0.15) is 10.5 Å². The number of anilines is 1. The smallest absolute Gasteiger partial charge is 0.0991 e. The van der Waals surface area contributed by atoms with Gasteiger partial charge in [-0.05, 0) is 67.0 Å². The minimum absolute atomic E-state index is 0.153. The van der Waals surface area contributed by atoms with Crippen molar-refractivity contribution in [3.05, 3.63) is 120 Å². The standard InChI is InChI=1S/C32H22N4/c33-19-21-12-15-23(16-13-21)35-28-9-4-2-7-25(28)32-30(35)10-5-11-31(32)36-27-8-3-1-6-24(27)26-18-22(20-34)14-17-29(26)36/h1-12,14-15,17-18,30,32H,13,16H2. The molecule has 36 heavy (non-hydrogen) atoms. The van der Waals surface area contributed by atoms with E-state index in [1.807, 2.05) is 18.2 Å². The summed E-state index contributed by atoms with van der Waals surface area (Å²) in [5, 5.41) is 21.1. The lowest BCUT2D eigenvalue weighted by Crippen LogP contribution is -2.34. The maximum Gasteiger partial charge on any atom is 0.0991 e. The molecule has 0 amide bonds. The summed E-state index contributed by atoms with van der Waals surface area (Å²) in [5.74, 6) is 0.156. The largest absolute Gasteiger partial charge is 0.337 e. The number of aromatic nitrogens is 1. The molecule has 0 fully saturated rings. The number of rotatable bonds is 2. The van der Waals surface area contributed by atoms with E-state index >= 15 is 0 Å². The van der Waals surface area contributed by atoms with Gasteiger partial charge in [0.15, 0.2) is 0 Å². The Labute approximate surface area is 209 Å². The van der Waals surface area contributed by atoms with Crippen LogP contribution >= 0.6 is 0 Å². The SMILES string of the molecule is N#CC1=CC=C(N2c3ccccc3C3C(n4c5ccccc5c5cc(C#N)ccc54)=CC=CC32)CC1. The molecule has 3 aliphatic rings. The fourth-order valence-electron chi connectivity index (χ4n) is 6.17. The number of hydrogen-bond donors (Lipinski definition) is 0. The zero-order chi connectivity index (χ0) is 24.2. The van der Waals surface area contributed by atoms with Crippen molar-refractivity contribution < 1.29 is 0 Å². The normalized spacial score (nSPS) is 20.3. The Bertz CT molecular complexity index is 1780. The molecule has 0 spiro atoms. The van der Waals surface area contributed by atoms with Gasteiger partial charge in [0.2, 0.25) is 0 Å². The second-order valence-electron chi connectivity index (χ2n) is 9.53. The topological polar surface area (TPSA) is 55.8 Å². The highest BCUT2D eigenvalue weighted by molar-refractivity contribution is 6.11. The maximum atomic E-state index is 9.53. The quantitative estimate of drug-likeness (QED) is 0.317. The van der Waals surface area contributed by atoms with Gasteiger partial charge < -0.3 is 9.47 Å². The van der Waals surface area contributed by atoms with Crippen molar-refractivity contribution in [2.24, 2.45) is 0 Å². The second-order valence-corrected chi connectivity index (χ2v) is 9.53. The Kier molecular flexibility index (Phi) is 4.50. The lowest BCUT2D eigenvalue weighted by molar-refractivity contribution is 0.694. The zero-order valence-electron chi connectivity index (χ0n) is 19.6. The van der Waals surface area contributed by atoms with Crippen LogP contribution in [0.5, 0.6) is 0 Å². The third-order valence-electron chi connectivity index (χ3n) is 7.71. The average Bonchev–Trinajstić information content (AvgIpc) is 3.46. The van der Waals surface area contributed by atoms with Gasteiger partial charge in [-0.3, -0.25) is 0 Å². The molecule has 0 saturated carbocycles. The van der Waals surface area contributed by atoms with Crippen LogP contribution < -0.4 is 4.90 Å². The molecule has 2 unspecified atom stereocenters. The Balaban J connectivity index is 1.44. The Morgan fingerprint density at radius 3 is 2.44 bits per heavy atom. The lowest BCUT2D eigenvalue weighted by Gasteiger charge is -2.34. The number of fused-ring (bicyclic) bond motifs is 6. The number of nitrogens with zero attached hydrogens (tertiary/aromatic N) is 4. The van der Waals surface area contributed by atoms with E-state index in [1.54, 1.807) is 0 Å². The molecule has 4 aromatic rings. The Morgan fingerprint density at radius 2 is 1.61 bits per heavy atom. The molecule has 1 aliphatic heterocycles. The molecule has 170 valence electrons. The molecule has 2 heterocycles. The zero-order valence-corrected chi connectivity index (χ0v) is 19.6. The van der Waals surface area contributed by atoms with Crippen LogP contribution in [0.1, 0.15) is 29.9 Å². The van der Waals surface area contributed by atoms with Gasteiger partial charge in [-0.25, -0.2) is 0 Å². The van der Waals surface area contributed by atoms with Crippen molar-refractivity contribution >= 4 is 33.2 Å². The predicted octanol–water partition coefficient (Wildman–Crippen LogP) is 7.18. The highest BCUT2D eigenvalue weighted by atomic mass is 15.2. The van der Waals surface area contributed by atoms with Crippen LogP contribution in [0, 0.1) is 22.7 Å².